The van der Waals surface area contributed by atoms with Gasteiger partial charge in [-0.25, -0.2) is 9.37 Å². The van der Waals surface area contributed by atoms with Crippen molar-refractivity contribution >= 4 is 21.6 Å². The van der Waals surface area contributed by atoms with Gasteiger partial charge in [0.15, 0.2) is 5.82 Å². The molecule has 1 aromatic heterocycles. The highest BCUT2D eigenvalue weighted by atomic mass is 79.9. The molecule has 0 radical (unpaired) electrons. The Morgan fingerprint density at radius 3 is 1.72 bits per heavy atom. The van der Waals surface area contributed by atoms with Gasteiger partial charge in [-0.1, -0.05) is 24.3 Å². The van der Waals surface area contributed by atoms with E-state index in [9.17, 15) is 4.39 Å². The summed E-state index contributed by atoms with van der Waals surface area (Å²) in [5.74, 6) is 1.46. The van der Waals surface area contributed by atoms with E-state index in [1.165, 1.54) is 13.2 Å². The van der Waals surface area contributed by atoms with Crippen LogP contribution in [0.3, 0.4) is 0 Å². The molecule has 2 aromatic carbocycles. The van der Waals surface area contributed by atoms with Crippen LogP contribution in [-0.2, 0) is 13.1 Å². The van der Waals surface area contributed by atoms with Crippen LogP contribution in [0.1, 0.15) is 11.1 Å². The minimum absolute atomic E-state index is 0.118. The maximum atomic E-state index is 14.3. The molecule has 0 N–H and O–H groups in total. The number of aromatic nitrogens is 1. The van der Waals surface area contributed by atoms with E-state index < -0.39 is 5.82 Å². The number of halogens is 2. The third-order valence-electron chi connectivity index (χ3n) is 4.48. The van der Waals surface area contributed by atoms with Crippen LogP contribution in [-0.4, -0.2) is 26.3 Å². The largest absolute Gasteiger partial charge is 0.497 e. The van der Waals surface area contributed by atoms with Gasteiger partial charge in [-0.2, -0.15) is 0 Å². The number of methoxy groups -OCH3 is 3. The van der Waals surface area contributed by atoms with Gasteiger partial charge in [-0.05, 0) is 51.3 Å². The van der Waals surface area contributed by atoms with E-state index in [4.69, 9.17) is 14.2 Å². The molecule has 0 bridgehead atoms. The van der Waals surface area contributed by atoms with Crippen LogP contribution in [0.5, 0.6) is 17.4 Å². The number of hydrogen-bond donors (Lipinski definition) is 0. The zero-order valence-corrected chi connectivity index (χ0v) is 18.1. The van der Waals surface area contributed by atoms with E-state index in [1.807, 2.05) is 53.4 Å². The molecule has 152 valence electrons. The van der Waals surface area contributed by atoms with Gasteiger partial charge in [0, 0.05) is 19.2 Å². The van der Waals surface area contributed by atoms with Crippen molar-refractivity contribution in [1.29, 1.82) is 0 Å². The molecule has 0 aliphatic heterocycles. The molecule has 0 unspecified atom stereocenters. The normalized spacial score (nSPS) is 10.5. The van der Waals surface area contributed by atoms with Gasteiger partial charge >= 0.3 is 0 Å². The highest BCUT2D eigenvalue weighted by Gasteiger charge is 2.18. The van der Waals surface area contributed by atoms with Crippen LogP contribution in [0.4, 0.5) is 10.1 Å². The molecule has 0 aliphatic carbocycles. The first-order chi connectivity index (χ1) is 14.0. The monoisotopic (exact) mass is 460 g/mol. The third kappa shape index (κ3) is 5.17. The number of benzene rings is 2. The molecule has 0 atom stereocenters. The topological polar surface area (TPSA) is 43.8 Å². The molecular weight excluding hydrogens is 439 g/mol. The lowest BCUT2D eigenvalue weighted by atomic mass is 10.1. The maximum absolute atomic E-state index is 14.3. The molecule has 1 heterocycles. The Morgan fingerprint density at radius 1 is 0.828 bits per heavy atom. The van der Waals surface area contributed by atoms with Crippen molar-refractivity contribution in [2.75, 3.05) is 26.2 Å². The van der Waals surface area contributed by atoms with Crippen molar-refractivity contribution in [2.45, 2.75) is 13.1 Å². The summed E-state index contributed by atoms with van der Waals surface area (Å²) in [7, 11) is 4.79. The Kier molecular flexibility index (Phi) is 6.93. The number of pyridine rings is 1. The average molecular weight is 461 g/mol. The summed E-state index contributed by atoms with van der Waals surface area (Å²) in [6.45, 7) is 1.07. The van der Waals surface area contributed by atoms with Crippen LogP contribution >= 0.6 is 15.9 Å². The van der Waals surface area contributed by atoms with Crippen LogP contribution < -0.4 is 19.1 Å². The van der Waals surface area contributed by atoms with Gasteiger partial charge in [0.25, 0.3) is 0 Å². The van der Waals surface area contributed by atoms with E-state index in [2.05, 4.69) is 20.9 Å². The zero-order chi connectivity index (χ0) is 20.8. The van der Waals surface area contributed by atoms with Crippen molar-refractivity contribution < 1.29 is 18.6 Å². The predicted molar refractivity (Wildman–Crippen MR) is 114 cm³/mol. The van der Waals surface area contributed by atoms with Gasteiger partial charge in [-0.3, -0.25) is 0 Å². The minimum Gasteiger partial charge on any atom is -0.497 e. The average Bonchev–Trinajstić information content (AvgIpc) is 2.76. The van der Waals surface area contributed by atoms with E-state index >= 15 is 0 Å². The highest BCUT2D eigenvalue weighted by Crippen LogP contribution is 2.32. The maximum Gasteiger partial charge on any atom is 0.238 e. The van der Waals surface area contributed by atoms with E-state index in [0.717, 1.165) is 22.6 Å². The third-order valence-corrected chi connectivity index (χ3v) is 5.03. The lowest BCUT2D eigenvalue weighted by Crippen LogP contribution is -2.23. The Bertz CT molecular complexity index is 900. The zero-order valence-electron chi connectivity index (χ0n) is 16.5. The van der Waals surface area contributed by atoms with Crippen molar-refractivity contribution in [1.82, 2.24) is 4.98 Å². The first kappa shape index (κ1) is 20.9. The molecule has 3 aromatic rings. The number of anilines is 1. The summed E-state index contributed by atoms with van der Waals surface area (Å²) in [5, 5.41) is 0. The lowest BCUT2D eigenvalue weighted by molar-refractivity contribution is 0.393. The molecule has 7 heteroatoms. The van der Waals surface area contributed by atoms with Gasteiger partial charge in [0.2, 0.25) is 5.88 Å². The van der Waals surface area contributed by atoms with E-state index in [1.54, 1.807) is 14.2 Å². The summed E-state index contributed by atoms with van der Waals surface area (Å²) in [5.41, 5.74) is 2.66. The fourth-order valence-corrected chi connectivity index (χ4v) is 3.22. The summed E-state index contributed by atoms with van der Waals surface area (Å²) in [6, 6.07) is 17.0. The standard InChI is InChI=1S/C22H22BrFN2O3/c1-27-17-8-4-15(5-9-17)13-26(14-16-6-10-18(28-2)11-7-16)20-12-19(24)21(23)25-22(20)29-3/h4-12H,13-14H2,1-3H3. The second kappa shape index (κ2) is 9.60. The quantitative estimate of drug-likeness (QED) is 0.431. The summed E-state index contributed by atoms with van der Waals surface area (Å²) in [4.78, 5) is 6.21. The summed E-state index contributed by atoms with van der Waals surface area (Å²) < 4.78 is 30.3. The molecular formula is C22H22BrFN2O3. The van der Waals surface area contributed by atoms with Crippen LogP contribution in [0.25, 0.3) is 0 Å². The molecule has 29 heavy (non-hydrogen) atoms. The second-order valence-electron chi connectivity index (χ2n) is 6.34. The van der Waals surface area contributed by atoms with Crippen LogP contribution in [0.2, 0.25) is 0 Å². The molecule has 0 amide bonds. The van der Waals surface area contributed by atoms with E-state index in [-0.39, 0.29) is 4.60 Å². The molecule has 0 fully saturated rings. The van der Waals surface area contributed by atoms with Gasteiger partial charge in [0.05, 0.1) is 21.3 Å². The lowest BCUT2D eigenvalue weighted by Gasteiger charge is -2.26. The second-order valence-corrected chi connectivity index (χ2v) is 7.09. The first-order valence-electron chi connectivity index (χ1n) is 8.95. The van der Waals surface area contributed by atoms with Crippen molar-refractivity contribution in [2.24, 2.45) is 0 Å². The molecule has 0 saturated heterocycles. The molecule has 3 rings (SSSR count). The Balaban J connectivity index is 1.96. The Labute approximate surface area is 178 Å². The fraction of sp³-hybridized carbons (Fsp3) is 0.227. The van der Waals surface area contributed by atoms with Crippen molar-refractivity contribution in [3.05, 3.63) is 76.1 Å². The predicted octanol–water partition coefficient (Wildman–Crippen LogP) is 5.22. The molecule has 0 spiro atoms. The number of nitrogens with zero attached hydrogens (tertiary/aromatic N) is 2. The number of ether oxygens (including phenoxy) is 3. The number of rotatable bonds is 8. The molecule has 0 aliphatic rings. The fourth-order valence-electron chi connectivity index (χ4n) is 2.95. The van der Waals surface area contributed by atoms with Gasteiger partial charge < -0.3 is 19.1 Å². The van der Waals surface area contributed by atoms with Crippen LogP contribution in [0, 0.1) is 5.82 Å². The number of hydrogen-bond acceptors (Lipinski definition) is 5. The molecule has 0 saturated carbocycles. The molecule has 5 nitrogen and oxygen atoms in total. The van der Waals surface area contributed by atoms with Gasteiger partial charge in [-0.15, -0.1) is 0 Å². The highest BCUT2D eigenvalue weighted by molar-refractivity contribution is 9.10. The Hall–Kier alpha value is -2.80. The summed E-state index contributed by atoms with van der Waals surface area (Å²) in [6.07, 6.45) is 0. The van der Waals surface area contributed by atoms with Gasteiger partial charge in [0.1, 0.15) is 21.8 Å². The smallest absolute Gasteiger partial charge is 0.238 e. The SMILES string of the molecule is COc1ccc(CN(Cc2ccc(OC)cc2)c2cc(F)c(Br)nc2OC)cc1. The van der Waals surface area contributed by atoms with Crippen molar-refractivity contribution in [3.8, 4) is 17.4 Å². The minimum atomic E-state index is -0.449. The Morgan fingerprint density at radius 2 is 1.31 bits per heavy atom. The first-order valence-corrected chi connectivity index (χ1v) is 9.74. The van der Waals surface area contributed by atoms with Crippen molar-refractivity contribution in [3.63, 3.8) is 0 Å². The van der Waals surface area contributed by atoms with Crippen LogP contribution in [0.15, 0.2) is 59.2 Å². The van der Waals surface area contributed by atoms with E-state index in [0.29, 0.717) is 24.7 Å². The summed E-state index contributed by atoms with van der Waals surface area (Å²) >= 11 is 3.12.